The van der Waals surface area contributed by atoms with Crippen molar-refractivity contribution in [2.24, 2.45) is 5.92 Å². The topological polar surface area (TPSA) is 52.6 Å². The number of rotatable bonds is 8. The number of ether oxygens (including phenoxy) is 2. The summed E-state index contributed by atoms with van der Waals surface area (Å²) in [5, 5.41) is 0. The maximum atomic E-state index is 11.7. The largest absolute Gasteiger partial charge is 0.462 e. The van der Waals surface area contributed by atoms with Crippen LogP contribution in [0.4, 0.5) is 0 Å². The van der Waals surface area contributed by atoms with Gasteiger partial charge < -0.3 is 9.47 Å². The number of carbonyl (C=O) groups excluding carboxylic acids is 2. The molecule has 1 unspecified atom stereocenters. The van der Waals surface area contributed by atoms with Gasteiger partial charge in [-0.05, 0) is 43.0 Å². The Labute approximate surface area is 140 Å². The van der Waals surface area contributed by atoms with Gasteiger partial charge in [0.15, 0.2) is 0 Å². The predicted molar refractivity (Wildman–Crippen MR) is 88.6 cm³/mol. The molecule has 22 heavy (non-hydrogen) atoms. The minimum atomic E-state index is -0.342. The molecule has 0 bridgehead atoms. The molecule has 4 nitrogen and oxygen atoms in total. The van der Waals surface area contributed by atoms with Crippen molar-refractivity contribution >= 4 is 27.9 Å². The van der Waals surface area contributed by atoms with Gasteiger partial charge in [-0.25, -0.2) is 0 Å². The molecule has 1 atom stereocenters. The Morgan fingerprint density at radius 1 is 1.09 bits per heavy atom. The summed E-state index contributed by atoms with van der Waals surface area (Å²) in [5.74, 6) is 0.209. The highest BCUT2D eigenvalue weighted by Gasteiger charge is 2.16. The number of halogens is 1. The highest BCUT2D eigenvalue weighted by Crippen LogP contribution is 2.17. The quantitative estimate of drug-likeness (QED) is 0.499. The van der Waals surface area contributed by atoms with E-state index in [0.29, 0.717) is 18.1 Å². The summed E-state index contributed by atoms with van der Waals surface area (Å²) in [6, 6.07) is 7.03. The van der Waals surface area contributed by atoms with E-state index >= 15 is 0 Å². The Hall–Kier alpha value is -1.36. The van der Waals surface area contributed by atoms with E-state index in [1.54, 1.807) is 24.3 Å². The third-order valence-electron chi connectivity index (χ3n) is 3.24. The summed E-state index contributed by atoms with van der Waals surface area (Å²) in [4.78, 5) is 23.4. The summed E-state index contributed by atoms with van der Waals surface area (Å²) in [7, 11) is 0. The molecule has 1 aromatic rings. The van der Waals surface area contributed by atoms with E-state index in [0.717, 1.165) is 10.9 Å². The zero-order valence-electron chi connectivity index (χ0n) is 13.3. The van der Waals surface area contributed by atoms with Crippen LogP contribution in [0.25, 0.3) is 0 Å². The molecular formula is C17H23BrO4. The van der Waals surface area contributed by atoms with E-state index in [4.69, 9.17) is 9.47 Å². The predicted octanol–water partition coefficient (Wildman–Crippen LogP) is 4.50. The molecule has 0 radical (unpaired) electrons. The van der Waals surface area contributed by atoms with Gasteiger partial charge in [0, 0.05) is 17.3 Å². The molecule has 0 saturated heterocycles. The Morgan fingerprint density at radius 3 is 2.23 bits per heavy atom. The lowest BCUT2D eigenvalue weighted by atomic mass is 10.1. The standard InChI is InChI=1S/C17H23BrO4/c1-4-15(12(2)3)22-17(20)7-5-6-16(19)21-14-10-8-13(18)9-11-14/h8-12,15H,4-7H2,1-3H3. The number of esters is 2. The average Bonchev–Trinajstić information content (AvgIpc) is 2.47. The van der Waals surface area contributed by atoms with Gasteiger partial charge >= 0.3 is 11.9 Å². The minimum Gasteiger partial charge on any atom is -0.462 e. The van der Waals surface area contributed by atoms with Crippen molar-refractivity contribution in [1.82, 2.24) is 0 Å². The van der Waals surface area contributed by atoms with E-state index in [1.807, 2.05) is 20.8 Å². The summed E-state index contributed by atoms with van der Waals surface area (Å²) >= 11 is 3.31. The summed E-state index contributed by atoms with van der Waals surface area (Å²) in [6.45, 7) is 6.04. The Bertz CT molecular complexity index is 482. The maximum Gasteiger partial charge on any atom is 0.311 e. The summed E-state index contributed by atoms with van der Waals surface area (Å²) < 4.78 is 11.5. The van der Waals surface area contributed by atoms with E-state index in [2.05, 4.69) is 15.9 Å². The fraction of sp³-hybridized carbons (Fsp3) is 0.529. The van der Waals surface area contributed by atoms with Crippen LogP contribution in [0.2, 0.25) is 0 Å². The number of carbonyl (C=O) groups is 2. The molecule has 1 aromatic carbocycles. The minimum absolute atomic E-state index is 0.0535. The maximum absolute atomic E-state index is 11.7. The summed E-state index contributed by atoms with van der Waals surface area (Å²) in [6.07, 6.45) is 1.61. The highest BCUT2D eigenvalue weighted by molar-refractivity contribution is 9.10. The zero-order valence-corrected chi connectivity index (χ0v) is 14.9. The van der Waals surface area contributed by atoms with Gasteiger partial charge in [0.05, 0.1) is 0 Å². The first-order valence-corrected chi connectivity index (χ1v) is 8.37. The second-order valence-electron chi connectivity index (χ2n) is 5.46. The molecule has 0 saturated carbocycles. The van der Waals surface area contributed by atoms with E-state index in [9.17, 15) is 9.59 Å². The molecule has 0 heterocycles. The molecule has 0 aliphatic rings. The van der Waals surface area contributed by atoms with Crippen LogP contribution in [0.1, 0.15) is 46.5 Å². The molecule has 0 aliphatic carbocycles. The van der Waals surface area contributed by atoms with E-state index in [-0.39, 0.29) is 30.9 Å². The van der Waals surface area contributed by atoms with Crippen molar-refractivity contribution in [3.63, 3.8) is 0 Å². The normalized spacial score (nSPS) is 12.0. The van der Waals surface area contributed by atoms with Crippen LogP contribution in [0.3, 0.4) is 0 Å². The molecule has 0 fully saturated rings. The lowest BCUT2D eigenvalue weighted by Crippen LogP contribution is -2.22. The van der Waals surface area contributed by atoms with Crippen molar-refractivity contribution in [1.29, 1.82) is 0 Å². The monoisotopic (exact) mass is 370 g/mol. The third kappa shape index (κ3) is 7.07. The smallest absolute Gasteiger partial charge is 0.311 e. The SMILES string of the molecule is CCC(OC(=O)CCCC(=O)Oc1ccc(Br)cc1)C(C)C. The van der Waals surface area contributed by atoms with Crippen LogP contribution in [0.15, 0.2) is 28.7 Å². The Kier molecular flexibility index (Phi) is 8.17. The molecule has 0 aliphatic heterocycles. The van der Waals surface area contributed by atoms with E-state index < -0.39 is 0 Å². The molecule has 1 rings (SSSR count). The second kappa shape index (κ2) is 9.62. The molecule has 0 spiro atoms. The average molecular weight is 371 g/mol. The van der Waals surface area contributed by atoms with Gasteiger partial charge in [-0.3, -0.25) is 9.59 Å². The van der Waals surface area contributed by atoms with Crippen molar-refractivity contribution in [3.05, 3.63) is 28.7 Å². The Morgan fingerprint density at radius 2 is 1.68 bits per heavy atom. The molecule has 122 valence electrons. The van der Waals surface area contributed by atoms with Crippen molar-refractivity contribution in [3.8, 4) is 5.75 Å². The molecule has 0 N–H and O–H groups in total. The van der Waals surface area contributed by atoms with Crippen LogP contribution < -0.4 is 4.74 Å². The zero-order chi connectivity index (χ0) is 16.5. The lowest BCUT2D eigenvalue weighted by molar-refractivity contribution is -0.151. The number of hydrogen-bond acceptors (Lipinski definition) is 4. The first-order chi connectivity index (χ1) is 10.4. The molecule has 0 amide bonds. The highest BCUT2D eigenvalue weighted by atomic mass is 79.9. The second-order valence-corrected chi connectivity index (χ2v) is 6.38. The number of hydrogen-bond donors (Lipinski definition) is 0. The van der Waals surface area contributed by atoms with Crippen molar-refractivity contribution < 1.29 is 19.1 Å². The van der Waals surface area contributed by atoms with Gasteiger partial charge in [-0.1, -0.05) is 36.7 Å². The summed E-state index contributed by atoms with van der Waals surface area (Å²) in [5.41, 5.74) is 0. The van der Waals surface area contributed by atoms with Crippen LogP contribution in [-0.4, -0.2) is 18.0 Å². The van der Waals surface area contributed by atoms with Crippen molar-refractivity contribution in [2.45, 2.75) is 52.6 Å². The Balaban J connectivity index is 2.27. The van der Waals surface area contributed by atoms with Gasteiger partial charge in [-0.15, -0.1) is 0 Å². The fourth-order valence-electron chi connectivity index (χ4n) is 1.98. The molecule has 5 heteroatoms. The van der Waals surface area contributed by atoms with Gasteiger partial charge in [0.2, 0.25) is 0 Å². The van der Waals surface area contributed by atoms with Gasteiger partial charge in [0.1, 0.15) is 11.9 Å². The van der Waals surface area contributed by atoms with Gasteiger partial charge in [0.25, 0.3) is 0 Å². The fourth-order valence-corrected chi connectivity index (χ4v) is 2.25. The van der Waals surface area contributed by atoms with Crippen LogP contribution in [-0.2, 0) is 14.3 Å². The van der Waals surface area contributed by atoms with Crippen LogP contribution in [0.5, 0.6) is 5.75 Å². The van der Waals surface area contributed by atoms with Crippen LogP contribution in [0, 0.1) is 5.92 Å². The van der Waals surface area contributed by atoms with E-state index in [1.165, 1.54) is 0 Å². The lowest BCUT2D eigenvalue weighted by Gasteiger charge is -2.19. The number of benzene rings is 1. The third-order valence-corrected chi connectivity index (χ3v) is 3.76. The van der Waals surface area contributed by atoms with Gasteiger partial charge in [-0.2, -0.15) is 0 Å². The molecule has 0 aromatic heterocycles. The van der Waals surface area contributed by atoms with Crippen LogP contribution >= 0.6 is 15.9 Å². The first-order valence-electron chi connectivity index (χ1n) is 7.58. The first kappa shape index (κ1) is 18.7. The molecular weight excluding hydrogens is 348 g/mol. The van der Waals surface area contributed by atoms with Crippen molar-refractivity contribution in [2.75, 3.05) is 0 Å².